The molecule has 15 heavy (non-hydrogen) atoms. The smallest absolute Gasteiger partial charge is 0.347 e. The number of ketones is 1. The van der Waals surface area contributed by atoms with Crippen molar-refractivity contribution < 1.29 is 9.53 Å². The van der Waals surface area contributed by atoms with Crippen LogP contribution in [0.4, 0.5) is 0 Å². The van der Waals surface area contributed by atoms with Gasteiger partial charge in [-0.05, 0) is 12.5 Å². The fraction of sp³-hybridized carbons (Fsp3) is 0.500. The molecule has 0 amide bonds. The van der Waals surface area contributed by atoms with E-state index in [0.29, 0.717) is 13.2 Å². The van der Waals surface area contributed by atoms with Gasteiger partial charge in [-0.2, -0.15) is 0 Å². The molecule has 1 aliphatic heterocycles. The monoisotopic (exact) mass is 208 g/mol. The summed E-state index contributed by atoms with van der Waals surface area (Å²) in [5.41, 5.74) is -0.384. The molecular formula is C10H12N2O3. The number of ether oxygens (including phenoxy) is 1. The second kappa shape index (κ2) is 4.35. The molecule has 0 aromatic carbocycles. The minimum absolute atomic E-state index is 0.0441. The first-order valence-electron chi connectivity index (χ1n) is 4.89. The highest BCUT2D eigenvalue weighted by molar-refractivity contribution is 5.81. The van der Waals surface area contributed by atoms with Crippen LogP contribution in [0.25, 0.3) is 0 Å². The lowest BCUT2D eigenvalue weighted by molar-refractivity contribution is -0.123. The topological polar surface area (TPSA) is 61.2 Å². The van der Waals surface area contributed by atoms with Gasteiger partial charge in [0.1, 0.15) is 0 Å². The highest BCUT2D eigenvalue weighted by atomic mass is 16.5. The quantitative estimate of drug-likeness (QED) is 0.693. The lowest BCUT2D eigenvalue weighted by Crippen LogP contribution is -2.28. The average Bonchev–Trinajstić information content (AvgIpc) is 2.74. The van der Waals surface area contributed by atoms with E-state index in [1.807, 2.05) is 0 Å². The molecule has 1 aromatic heterocycles. The van der Waals surface area contributed by atoms with Gasteiger partial charge in [0, 0.05) is 24.9 Å². The van der Waals surface area contributed by atoms with Crippen molar-refractivity contribution in [2.75, 3.05) is 13.2 Å². The highest BCUT2D eigenvalue weighted by Crippen LogP contribution is 2.13. The molecule has 5 nitrogen and oxygen atoms in total. The van der Waals surface area contributed by atoms with Crippen LogP contribution in [0, 0.1) is 5.92 Å². The molecule has 0 saturated carbocycles. The summed E-state index contributed by atoms with van der Waals surface area (Å²) in [6.45, 7) is 1.22. The number of carbonyl (C=O) groups is 1. The molecule has 0 aliphatic carbocycles. The minimum Gasteiger partial charge on any atom is -0.381 e. The molecular weight excluding hydrogens is 196 g/mol. The zero-order valence-corrected chi connectivity index (χ0v) is 8.26. The van der Waals surface area contributed by atoms with E-state index in [1.54, 1.807) is 12.3 Å². The van der Waals surface area contributed by atoms with Gasteiger partial charge in [-0.25, -0.2) is 9.78 Å². The molecule has 1 aliphatic rings. The van der Waals surface area contributed by atoms with Crippen LogP contribution in [0.3, 0.4) is 0 Å². The van der Waals surface area contributed by atoms with Gasteiger partial charge in [0.2, 0.25) is 0 Å². The summed E-state index contributed by atoms with van der Waals surface area (Å²) < 4.78 is 6.44. The van der Waals surface area contributed by atoms with Crippen LogP contribution in [0.1, 0.15) is 6.42 Å². The Morgan fingerprint density at radius 2 is 2.53 bits per heavy atom. The van der Waals surface area contributed by atoms with Crippen LogP contribution in [-0.4, -0.2) is 28.5 Å². The van der Waals surface area contributed by atoms with Gasteiger partial charge in [-0.15, -0.1) is 0 Å². The fourth-order valence-corrected chi connectivity index (χ4v) is 1.59. The standard InChI is InChI=1S/C10H12N2O3/c13-9(8-2-5-15-7-8)6-12-4-1-3-11-10(12)14/h1,3-4,8H,2,5-7H2. The maximum Gasteiger partial charge on any atom is 0.347 e. The summed E-state index contributed by atoms with van der Waals surface area (Å²) in [5, 5.41) is 0. The Hall–Kier alpha value is -1.49. The second-order valence-electron chi connectivity index (χ2n) is 3.56. The maximum atomic E-state index is 11.7. The van der Waals surface area contributed by atoms with Crippen molar-refractivity contribution in [1.29, 1.82) is 0 Å². The van der Waals surface area contributed by atoms with Crippen molar-refractivity contribution in [2.24, 2.45) is 5.92 Å². The largest absolute Gasteiger partial charge is 0.381 e. The zero-order valence-electron chi connectivity index (χ0n) is 8.26. The van der Waals surface area contributed by atoms with Gasteiger partial charge >= 0.3 is 5.69 Å². The lowest BCUT2D eigenvalue weighted by Gasteiger charge is -2.07. The molecule has 0 radical (unpaired) electrons. The normalized spacial score (nSPS) is 20.4. The molecule has 1 saturated heterocycles. The SMILES string of the molecule is O=C(Cn1cccnc1=O)C1CCOC1. The van der Waals surface area contributed by atoms with Crippen molar-refractivity contribution >= 4 is 5.78 Å². The Morgan fingerprint density at radius 1 is 1.67 bits per heavy atom. The van der Waals surface area contributed by atoms with Crippen LogP contribution >= 0.6 is 0 Å². The number of nitrogens with zero attached hydrogens (tertiary/aromatic N) is 2. The van der Waals surface area contributed by atoms with Crippen molar-refractivity contribution in [3.05, 3.63) is 28.9 Å². The Labute approximate surface area is 86.7 Å². The average molecular weight is 208 g/mol. The van der Waals surface area contributed by atoms with Gasteiger partial charge in [-0.3, -0.25) is 9.36 Å². The summed E-state index contributed by atoms with van der Waals surface area (Å²) in [4.78, 5) is 26.5. The van der Waals surface area contributed by atoms with E-state index in [9.17, 15) is 9.59 Å². The fourth-order valence-electron chi connectivity index (χ4n) is 1.59. The Bertz CT molecular complexity index is 407. The summed E-state index contributed by atoms with van der Waals surface area (Å²) in [5.74, 6) is -0.0142. The van der Waals surface area contributed by atoms with Crippen molar-refractivity contribution in [3.63, 3.8) is 0 Å². The summed E-state index contributed by atoms with van der Waals surface area (Å²) in [6, 6.07) is 1.64. The number of hydrogen-bond acceptors (Lipinski definition) is 4. The molecule has 80 valence electrons. The number of rotatable bonds is 3. The first-order valence-corrected chi connectivity index (χ1v) is 4.89. The number of aromatic nitrogens is 2. The third kappa shape index (κ3) is 2.30. The van der Waals surface area contributed by atoms with Crippen LogP contribution in [0.15, 0.2) is 23.3 Å². The molecule has 1 atom stereocenters. The maximum absolute atomic E-state index is 11.7. The van der Waals surface area contributed by atoms with E-state index >= 15 is 0 Å². The molecule has 0 N–H and O–H groups in total. The summed E-state index contributed by atoms with van der Waals surface area (Å²) in [6.07, 6.45) is 3.75. The van der Waals surface area contributed by atoms with Crippen LogP contribution < -0.4 is 5.69 Å². The Morgan fingerprint density at radius 3 is 3.20 bits per heavy atom. The van der Waals surface area contributed by atoms with Gasteiger partial charge in [0.05, 0.1) is 13.2 Å². The van der Waals surface area contributed by atoms with Crippen molar-refractivity contribution in [3.8, 4) is 0 Å². The summed E-state index contributed by atoms with van der Waals surface area (Å²) in [7, 11) is 0. The lowest BCUT2D eigenvalue weighted by atomic mass is 10.0. The Kier molecular flexibility index (Phi) is 2.91. The van der Waals surface area contributed by atoms with E-state index in [-0.39, 0.29) is 23.9 Å². The number of carbonyl (C=O) groups excluding carboxylic acids is 1. The van der Waals surface area contributed by atoms with Crippen molar-refractivity contribution in [1.82, 2.24) is 9.55 Å². The van der Waals surface area contributed by atoms with E-state index in [1.165, 1.54) is 10.8 Å². The van der Waals surface area contributed by atoms with Crippen LogP contribution in [0.2, 0.25) is 0 Å². The predicted octanol–water partition coefficient (Wildman–Crippen LogP) is -0.151. The first-order chi connectivity index (χ1) is 7.27. The molecule has 1 unspecified atom stereocenters. The molecule has 2 heterocycles. The van der Waals surface area contributed by atoms with Gasteiger partial charge < -0.3 is 4.74 Å². The van der Waals surface area contributed by atoms with Gasteiger partial charge in [0.25, 0.3) is 0 Å². The molecule has 0 bridgehead atoms. The summed E-state index contributed by atoms with van der Waals surface area (Å²) >= 11 is 0. The number of hydrogen-bond donors (Lipinski definition) is 0. The molecule has 1 fully saturated rings. The van der Waals surface area contributed by atoms with E-state index in [4.69, 9.17) is 4.74 Å². The van der Waals surface area contributed by atoms with E-state index in [2.05, 4.69) is 4.98 Å². The first kappa shape index (κ1) is 10.0. The third-order valence-corrected chi connectivity index (χ3v) is 2.49. The molecule has 2 rings (SSSR count). The van der Waals surface area contributed by atoms with Gasteiger partial charge in [0.15, 0.2) is 5.78 Å². The van der Waals surface area contributed by atoms with Crippen LogP contribution in [0.5, 0.6) is 0 Å². The Balaban J connectivity index is 2.05. The third-order valence-electron chi connectivity index (χ3n) is 2.49. The van der Waals surface area contributed by atoms with E-state index < -0.39 is 0 Å². The molecule has 5 heteroatoms. The second-order valence-corrected chi connectivity index (χ2v) is 3.56. The predicted molar refractivity (Wildman–Crippen MR) is 52.4 cm³/mol. The zero-order chi connectivity index (χ0) is 10.7. The minimum atomic E-state index is -0.384. The number of Topliss-reactive ketones (excluding diaryl/α,β-unsaturated/α-hetero) is 1. The van der Waals surface area contributed by atoms with Crippen molar-refractivity contribution in [2.45, 2.75) is 13.0 Å². The van der Waals surface area contributed by atoms with Crippen LogP contribution in [-0.2, 0) is 16.1 Å². The molecule has 1 aromatic rings. The highest BCUT2D eigenvalue weighted by Gasteiger charge is 2.23. The molecule has 0 spiro atoms. The van der Waals surface area contributed by atoms with Gasteiger partial charge in [-0.1, -0.05) is 0 Å². The van der Waals surface area contributed by atoms with E-state index in [0.717, 1.165) is 6.42 Å².